The first kappa shape index (κ1) is 14.0. The fraction of sp³-hybridized carbons (Fsp3) is 0.750. The molecule has 1 unspecified atom stereocenters. The van der Waals surface area contributed by atoms with Gasteiger partial charge in [0.15, 0.2) is 0 Å². The Bertz CT molecular complexity index is 449. The van der Waals surface area contributed by atoms with Crippen LogP contribution in [0.5, 0.6) is 0 Å². The van der Waals surface area contributed by atoms with Gasteiger partial charge in [-0.1, -0.05) is 0 Å². The van der Waals surface area contributed by atoms with Crippen molar-refractivity contribution in [2.75, 3.05) is 26.2 Å². The van der Waals surface area contributed by atoms with E-state index in [-0.39, 0.29) is 5.91 Å². The molecular formula is C12H21N5O2. The number of amides is 1. The van der Waals surface area contributed by atoms with Gasteiger partial charge in [-0.15, -0.1) is 10.2 Å². The van der Waals surface area contributed by atoms with Crippen molar-refractivity contribution < 1.29 is 9.90 Å². The fourth-order valence-electron chi connectivity index (χ4n) is 2.18. The van der Waals surface area contributed by atoms with Crippen LogP contribution in [0.4, 0.5) is 0 Å². The Balaban J connectivity index is 1.87. The van der Waals surface area contributed by atoms with Crippen molar-refractivity contribution in [1.29, 1.82) is 0 Å². The second-order valence-corrected chi connectivity index (χ2v) is 5.00. The number of aryl methyl sites for hydroxylation is 1. The van der Waals surface area contributed by atoms with Crippen LogP contribution >= 0.6 is 0 Å². The van der Waals surface area contributed by atoms with Gasteiger partial charge in [-0.25, -0.2) is 0 Å². The summed E-state index contributed by atoms with van der Waals surface area (Å²) < 4.78 is 1.98. The summed E-state index contributed by atoms with van der Waals surface area (Å²) in [7, 11) is 1.96. The largest absolute Gasteiger partial charge is 0.384 e. The number of piperazine rings is 1. The summed E-state index contributed by atoms with van der Waals surface area (Å²) in [5.74, 6) is 1.65. The van der Waals surface area contributed by atoms with Gasteiger partial charge in [-0.3, -0.25) is 9.69 Å². The molecule has 0 aliphatic carbocycles. The highest BCUT2D eigenvalue weighted by Crippen LogP contribution is 2.08. The number of carbonyl (C=O) groups is 1. The molecule has 0 bridgehead atoms. The van der Waals surface area contributed by atoms with Crippen LogP contribution in [-0.4, -0.2) is 67.9 Å². The van der Waals surface area contributed by atoms with Gasteiger partial charge in [0.05, 0.1) is 6.54 Å². The molecule has 2 rings (SSSR count). The van der Waals surface area contributed by atoms with Gasteiger partial charge in [0.1, 0.15) is 17.8 Å². The third kappa shape index (κ3) is 3.10. The maximum Gasteiger partial charge on any atom is 0.251 e. The lowest BCUT2D eigenvalue weighted by Crippen LogP contribution is -2.50. The molecule has 0 spiro atoms. The molecule has 7 heteroatoms. The molecular weight excluding hydrogens is 246 g/mol. The van der Waals surface area contributed by atoms with Crippen molar-refractivity contribution in [3.05, 3.63) is 11.6 Å². The number of carbonyl (C=O) groups excluding carboxylic acids is 1. The summed E-state index contributed by atoms with van der Waals surface area (Å²) in [6.07, 6.45) is -0.909. The number of hydrogen-bond donors (Lipinski definition) is 1. The molecule has 7 nitrogen and oxygen atoms in total. The first-order chi connectivity index (χ1) is 8.99. The van der Waals surface area contributed by atoms with Crippen LogP contribution in [-0.2, 0) is 18.4 Å². The second-order valence-electron chi connectivity index (χ2n) is 5.00. The Hall–Kier alpha value is -1.47. The van der Waals surface area contributed by atoms with Crippen LogP contribution in [0.25, 0.3) is 0 Å². The van der Waals surface area contributed by atoms with Crippen molar-refractivity contribution in [2.45, 2.75) is 26.5 Å². The van der Waals surface area contributed by atoms with Gasteiger partial charge in [-0.2, -0.15) is 0 Å². The topological polar surface area (TPSA) is 74.5 Å². The van der Waals surface area contributed by atoms with Crippen molar-refractivity contribution >= 4 is 5.91 Å². The van der Waals surface area contributed by atoms with E-state index in [0.29, 0.717) is 13.1 Å². The molecule has 1 saturated heterocycles. The summed E-state index contributed by atoms with van der Waals surface area (Å²) in [5.41, 5.74) is 0. The van der Waals surface area contributed by atoms with Gasteiger partial charge in [-0.05, 0) is 13.8 Å². The average Bonchev–Trinajstić information content (AvgIpc) is 2.71. The van der Waals surface area contributed by atoms with E-state index in [1.165, 1.54) is 6.92 Å². The van der Waals surface area contributed by atoms with Crippen LogP contribution in [0.1, 0.15) is 18.6 Å². The molecule has 1 fully saturated rings. The van der Waals surface area contributed by atoms with Crippen molar-refractivity contribution in [3.8, 4) is 0 Å². The molecule has 1 aromatic rings. The van der Waals surface area contributed by atoms with E-state index < -0.39 is 6.10 Å². The highest BCUT2D eigenvalue weighted by molar-refractivity contribution is 5.80. The minimum absolute atomic E-state index is 0.186. The zero-order chi connectivity index (χ0) is 14.0. The normalized spacial score (nSPS) is 18.6. The van der Waals surface area contributed by atoms with E-state index in [0.717, 1.165) is 31.3 Å². The van der Waals surface area contributed by atoms with Gasteiger partial charge >= 0.3 is 0 Å². The first-order valence-electron chi connectivity index (χ1n) is 6.53. The first-order valence-corrected chi connectivity index (χ1v) is 6.53. The molecule has 1 aromatic heterocycles. The number of hydrogen-bond acceptors (Lipinski definition) is 5. The number of aliphatic hydroxyl groups is 1. The van der Waals surface area contributed by atoms with Crippen LogP contribution in [0.15, 0.2) is 0 Å². The van der Waals surface area contributed by atoms with Crippen LogP contribution in [0.3, 0.4) is 0 Å². The van der Waals surface area contributed by atoms with E-state index in [1.54, 1.807) is 4.90 Å². The number of aliphatic hydroxyl groups excluding tert-OH is 1. The van der Waals surface area contributed by atoms with Gasteiger partial charge < -0.3 is 14.6 Å². The third-order valence-electron chi connectivity index (χ3n) is 3.59. The SMILES string of the molecule is Cc1nnc(CN2CCN(C(=O)C(C)O)CC2)n1C. The number of aromatic nitrogens is 3. The maximum absolute atomic E-state index is 11.7. The Morgan fingerprint density at radius 3 is 2.42 bits per heavy atom. The lowest BCUT2D eigenvalue weighted by molar-refractivity contribution is -0.141. The van der Waals surface area contributed by atoms with Gasteiger partial charge in [0, 0.05) is 33.2 Å². The molecule has 0 saturated carbocycles. The van der Waals surface area contributed by atoms with Crippen molar-refractivity contribution in [1.82, 2.24) is 24.6 Å². The van der Waals surface area contributed by atoms with Crippen molar-refractivity contribution in [2.24, 2.45) is 7.05 Å². The predicted molar refractivity (Wildman–Crippen MR) is 69.3 cm³/mol. The van der Waals surface area contributed by atoms with Gasteiger partial charge in [0.2, 0.25) is 0 Å². The van der Waals surface area contributed by atoms with E-state index in [4.69, 9.17) is 0 Å². The fourth-order valence-corrected chi connectivity index (χ4v) is 2.18. The average molecular weight is 267 g/mol. The monoisotopic (exact) mass is 267 g/mol. The highest BCUT2D eigenvalue weighted by Gasteiger charge is 2.24. The maximum atomic E-state index is 11.7. The third-order valence-corrected chi connectivity index (χ3v) is 3.59. The molecule has 0 radical (unpaired) electrons. The summed E-state index contributed by atoms with van der Waals surface area (Å²) >= 11 is 0. The molecule has 1 aliphatic rings. The highest BCUT2D eigenvalue weighted by atomic mass is 16.3. The van der Waals surface area contributed by atoms with Gasteiger partial charge in [0.25, 0.3) is 5.91 Å². The van der Waals surface area contributed by atoms with Crippen LogP contribution in [0.2, 0.25) is 0 Å². The zero-order valence-corrected chi connectivity index (χ0v) is 11.7. The molecule has 2 heterocycles. The second kappa shape index (κ2) is 5.66. The predicted octanol–water partition coefficient (Wildman–Crippen LogP) is -0.851. The lowest BCUT2D eigenvalue weighted by Gasteiger charge is -2.34. The van der Waals surface area contributed by atoms with E-state index in [9.17, 15) is 9.90 Å². The van der Waals surface area contributed by atoms with E-state index in [2.05, 4.69) is 15.1 Å². The summed E-state index contributed by atoms with van der Waals surface area (Å²) in [5, 5.41) is 17.5. The zero-order valence-electron chi connectivity index (χ0n) is 11.7. The summed E-state index contributed by atoms with van der Waals surface area (Å²) in [6.45, 7) is 7.08. The molecule has 1 amide bonds. The smallest absolute Gasteiger partial charge is 0.251 e. The summed E-state index contributed by atoms with van der Waals surface area (Å²) in [4.78, 5) is 15.6. The number of nitrogens with zero attached hydrogens (tertiary/aromatic N) is 5. The standard InChI is InChI=1S/C12H21N5O2/c1-9(18)12(19)17-6-4-16(5-7-17)8-11-14-13-10(2)15(11)3/h9,18H,4-8H2,1-3H3. The Labute approximate surface area is 112 Å². The number of rotatable bonds is 3. The van der Waals surface area contributed by atoms with Crippen LogP contribution < -0.4 is 0 Å². The Kier molecular flexibility index (Phi) is 4.16. The molecule has 0 aromatic carbocycles. The minimum Gasteiger partial charge on any atom is -0.384 e. The Morgan fingerprint density at radius 2 is 1.95 bits per heavy atom. The molecule has 1 atom stereocenters. The van der Waals surface area contributed by atoms with Crippen molar-refractivity contribution in [3.63, 3.8) is 0 Å². The molecule has 1 N–H and O–H groups in total. The quantitative estimate of drug-likeness (QED) is 0.772. The molecule has 1 aliphatic heterocycles. The van der Waals surface area contributed by atoms with E-state index in [1.807, 2.05) is 18.5 Å². The lowest BCUT2D eigenvalue weighted by atomic mass is 10.2. The van der Waals surface area contributed by atoms with E-state index >= 15 is 0 Å². The minimum atomic E-state index is -0.909. The van der Waals surface area contributed by atoms with Crippen LogP contribution in [0, 0.1) is 6.92 Å². The molecule has 106 valence electrons. The Morgan fingerprint density at radius 1 is 1.32 bits per heavy atom. The molecule has 19 heavy (non-hydrogen) atoms. The summed E-state index contributed by atoms with van der Waals surface area (Å²) in [6, 6.07) is 0.